The Morgan fingerprint density at radius 1 is 1.33 bits per heavy atom. The number of benzene rings is 1. The first-order chi connectivity index (χ1) is 8.42. The second-order valence-corrected chi connectivity index (χ2v) is 5.67. The van der Waals surface area contributed by atoms with Crippen LogP contribution in [0.3, 0.4) is 0 Å². The molecule has 1 saturated carbocycles. The van der Waals surface area contributed by atoms with Crippen LogP contribution in [0.4, 0.5) is 0 Å². The van der Waals surface area contributed by atoms with Crippen molar-refractivity contribution in [3.05, 3.63) is 35.4 Å². The molecule has 3 heteroatoms. The first-order valence-corrected chi connectivity index (χ1v) is 6.62. The van der Waals surface area contributed by atoms with Gasteiger partial charge in [-0.25, -0.2) is 0 Å². The molecule has 0 saturated heterocycles. The highest BCUT2D eigenvalue weighted by Gasteiger charge is 2.40. The monoisotopic (exact) mass is 246 g/mol. The van der Waals surface area contributed by atoms with Crippen LogP contribution in [-0.2, 0) is 10.3 Å². The van der Waals surface area contributed by atoms with E-state index in [4.69, 9.17) is 5.73 Å². The molecule has 3 N–H and O–H groups in total. The zero-order chi connectivity index (χ0) is 13.3. The molecular weight excluding hydrogens is 224 g/mol. The maximum atomic E-state index is 12.0. The van der Waals surface area contributed by atoms with Gasteiger partial charge in [0.05, 0.1) is 5.92 Å². The fourth-order valence-corrected chi connectivity index (χ4v) is 2.10. The van der Waals surface area contributed by atoms with Gasteiger partial charge in [0.2, 0.25) is 5.91 Å². The number of nitrogens with one attached hydrogen (secondary N) is 1. The van der Waals surface area contributed by atoms with Crippen molar-refractivity contribution in [2.45, 2.75) is 51.1 Å². The minimum Gasteiger partial charge on any atom is -0.353 e. The van der Waals surface area contributed by atoms with E-state index in [0.29, 0.717) is 0 Å². The molecule has 1 aliphatic rings. The van der Waals surface area contributed by atoms with Crippen molar-refractivity contribution in [1.82, 2.24) is 5.32 Å². The molecule has 1 fully saturated rings. The van der Waals surface area contributed by atoms with Gasteiger partial charge in [0.25, 0.3) is 0 Å². The number of carbonyl (C=O) groups is 1. The SMILES string of the molecule is CC(C)NC(=O)C(C)c1cccc(C2(N)CC2)c1. The summed E-state index contributed by atoms with van der Waals surface area (Å²) in [4.78, 5) is 12.0. The number of hydrogen-bond donors (Lipinski definition) is 2. The topological polar surface area (TPSA) is 55.1 Å². The lowest BCUT2D eigenvalue weighted by Crippen LogP contribution is -2.33. The second-order valence-electron chi connectivity index (χ2n) is 5.67. The molecule has 1 atom stereocenters. The van der Waals surface area contributed by atoms with Crippen LogP contribution in [0, 0.1) is 0 Å². The van der Waals surface area contributed by atoms with Crippen LogP contribution >= 0.6 is 0 Å². The van der Waals surface area contributed by atoms with Gasteiger partial charge in [-0.15, -0.1) is 0 Å². The summed E-state index contributed by atoms with van der Waals surface area (Å²) in [6, 6.07) is 8.31. The van der Waals surface area contributed by atoms with E-state index in [1.807, 2.05) is 32.9 Å². The highest BCUT2D eigenvalue weighted by Crippen LogP contribution is 2.43. The summed E-state index contributed by atoms with van der Waals surface area (Å²) in [6.45, 7) is 5.88. The standard InChI is InChI=1S/C15H22N2O/c1-10(2)17-14(18)11(3)12-5-4-6-13(9-12)15(16)7-8-15/h4-6,9-11H,7-8,16H2,1-3H3,(H,17,18). The van der Waals surface area contributed by atoms with Gasteiger partial charge in [-0.3, -0.25) is 4.79 Å². The van der Waals surface area contributed by atoms with Crippen LogP contribution in [-0.4, -0.2) is 11.9 Å². The maximum absolute atomic E-state index is 12.0. The highest BCUT2D eigenvalue weighted by atomic mass is 16.1. The Bertz CT molecular complexity index is 450. The first-order valence-electron chi connectivity index (χ1n) is 6.62. The number of rotatable bonds is 4. The average Bonchev–Trinajstić information content (AvgIpc) is 3.07. The van der Waals surface area contributed by atoms with Gasteiger partial charge >= 0.3 is 0 Å². The molecule has 0 heterocycles. The van der Waals surface area contributed by atoms with E-state index in [9.17, 15) is 4.79 Å². The van der Waals surface area contributed by atoms with Crippen LogP contribution in [0.5, 0.6) is 0 Å². The average molecular weight is 246 g/mol. The molecule has 1 aromatic carbocycles. The number of carbonyl (C=O) groups excluding carboxylic acids is 1. The molecule has 0 aromatic heterocycles. The van der Waals surface area contributed by atoms with Gasteiger partial charge in [-0.05, 0) is 44.7 Å². The quantitative estimate of drug-likeness (QED) is 0.856. The third-order valence-corrected chi connectivity index (χ3v) is 3.57. The predicted octanol–water partition coefficient (Wildman–Crippen LogP) is 2.26. The van der Waals surface area contributed by atoms with Crippen molar-refractivity contribution in [2.75, 3.05) is 0 Å². The summed E-state index contributed by atoms with van der Waals surface area (Å²) < 4.78 is 0. The molecule has 1 aromatic rings. The summed E-state index contributed by atoms with van der Waals surface area (Å²) in [5, 5.41) is 2.94. The van der Waals surface area contributed by atoms with Crippen molar-refractivity contribution < 1.29 is 4.79 Å². The minimum atomic E-state index is -0.135. The van der Waals surface area contributed by atoms with E-state index >= 15 is 0 Å². The van der Waals surface area contributed by atoms with Crippen LogP contribution in [0.25, 0.3) is 0 Å². The zero-order valence-electron chi connectivity index (χ0n) is 11.4. The zero-order valence-corrected chi connectivity index (χ0v) is 11.4. The molecule has 0 spiro atoms. The molecule has 1 amide bonds. The van der Waals surface area contributed by atoms with Crippen molar-refractivity contribution in [1.29, 1.82) is 0 Å². The van der Waals surface area contributed by atoms with Gasteiger partial charge in [0.15, 0.2) is 0 Å². The molecule has 2 rings (SSSR count). The summed E-state index contributed by atoms with van der Waals surface area (Å²) in [5.74, 6) is -0.0567. The fraction of sp³-hybridized carbons (Fsp3) is 0.533. The number of hydrogen-bond acceptors (Lipinski definition) is 2. The molecule has 0 aliphatic heterocycles. The van der Waals surface area contributed by atoms with Crippen molar-refractivity contribution in [3.8, 4) is 0 Å². The van der Waals surface area contributed by atoms with Gasteiger partial charge < -0.3 is 11.1 Å². The number of nitrogens with two attached hydrogens (primary N) is 1. The summed E-state index contributed by atoms with van der Waals surface area (Å²) in [7, 11) is 0. The lowest BCUT2D eigenvalue weighted by molar-refractivity contribution is -0.122. The molecule has 98 valence electrons. The molecule has 1 aliphatic carbocycles. The molecule has 3 nitrogen and oxygen atoms in total. The third kappa shape index (κ3) is 2.72. The minimum absolute atomic E-state index is 0.0732. The Hall–Kier alpha value is -1.35. The molecule has 18 heavy (non-hydrogen) atoms. The Morgan fingerprint density at radius 3 is 2.56 bits per heavy atom. The summed E-state index contributed by atoms with van der Waals surface area (Å²) >= 11 is 0. The van der Waals surface area contributed by atoms with E-state index in [0.717, 1.165) is 24.0 Å². The highest BCUT2D eigenvalue weighted by molar-refractivity contribution is 5.83. The predicted molar refractivity (Wildman–Crippen MR) is 73.2 cm³/mol. The molecular formula is C15H22N2O. The van der Waals surface area contributed by atoms with Crippen molar-refractivity contribution >= 4 is 5.91 Å². The normalized spacial score (nSPS) is 18.5. The first kappa shape index (κ1) is 13.1. The second kappa shape index (κ2) is 4.73. The Morgan fingerprint density at radius 2 is 2.00 bits per heavy atom. The summed E-state index contributed by atoms with van der Waals surface area (Å²) in [5.41, 5.74) is 8.26. The Labute approximate surface area is 109 Å². The van der Waals surface area contributed by atoms with Crippen molar-refractivity contribution in [3.63, 3.8) is 0 Å². The van der Waals surface area contributed by atoms with Gasteiger partial charge in [-0.1, -0.05) is 24.3 Å². The molecule has 0 radical (unpaired) electrons. The van der Waals surface area contributed by atoms with E-state index < -0.39 is 0 Å². The van der Waals surface area contributed by atoms with Gasteiger partial charge in [-0.2, -0.15) is 0 Å². The van der Waals surface area contributed by atoms with Crippen molar-refractivity contribution in [2.24, 2.45) is 5.73 Å². The van der Waals surface area contributed by atoms with Gasteiger partial charge in [0.1, 0.15) is 0 Å². The lowest BCUT2D eigenvalue weighted by atomic mass is 9.95. The van der Waals surface area contributed by atoms with E-state index in [1.165, 1.54) is 0 Å². The smallest absolute Gasteiger partial charge is 0.227 e. The summed E-state index contributed by atoms with van der Waals surface area (Å²) in [6.07, 6.45) is 2.09. The molecule has 0 bridgehead atoms. The maximum Gasteiger partial charge on any atom is 0.227 e. The van der Waals surface area contributed by atoms with Crippen LogP contribution in [0.2, 0.25) is 0 Å². The van der Waals surface area contributed by atoms with Crippen LogP contribution < -0.4 is 11.1 Å². The lowest BCUT2D eigenvalue weighted by Gasteiger charge is -2.17. The fourth-order valence-electron chi connectivity index (χ4n) is 2.10. The van der Waals surface area contributed by atoms with Gasteiger partial charge in [0, 0.05) is 11.6 Å². The van der Waals surface area contributed by atoms with Crippen LogP contribution in [0.1, 0.15) is 50.7 Å². The van der Waals surface area contributed by atoms with E-state index in [2.05, 4.69) is 17.4 Å². The van der Waals surface area contributed by atoms with E-state index in [-0.39, 0.29) is 23.4 Å². The third-order valence-electron chi connectivity index (χ3n) is 3.57. The Kier molecular flexibility index (Phi) is 3.44. The molecule has 1 unspecified atom stereocenters. The number of amides is 1. The largest absolute Gasteiger partial charge is 0.353 e. The van der Waals surface area contributed by atoms with Crippen LogP contribution in [0.15, 0.2) is 24.3 Å². The van der Waals surface area contributed by atoms with E-state index in [1.54, 1.807) is 0 Å². The Balaban J connectivity index is 2.15.